The summed E-state index contributed by atoms with van der Waals surface area (Å²) in [7, 11) is 0. The van der Waals surface area contributed by atoms with Crippen LogP contribution in [0.2, 0.25) is 0 Å². The highest BCUT2D eigenvalue weighted by Crippen LogP contribution is 2.32. The first-order chi connectivity index (χ1) is 16.5. The highest BCUT2D eigenvalue weighted by atomic mass is 32.1. The predicted octanol–water partition coefficient (Wildman–Crippen LogP) is 3.77. The summed E-state index contributed by atoms with van der Waals surface area (Å²) in [4.78, 5) is 30.5. The molecule has 1 aromatic heterocycles. The number of rotatable bonds is 7. The van der Waals surface area contributed by atoms with Gasteiger partial charge in [-0.05, 0) is 59.8 Å². The zero-order chi connectivity index (χ0) is 23.7. The highest BCUT2D eigenvalue weighted by Gasteiger charge is 2.29. The summed E-state index contributed by atoms with van der Waals surface area (Å²) in [5.41, 5.74) is 4.36. The van der Waals surface area contributed by atoms with E-state index >= 15 is 0 Å². The molecule has 0 radical (unpaired) electrons. The number of nitrogens with zero attached hydrogens (tertiary/aromatic N) is 4. The number of hydrogen-bond acceptors (Lipinski definition) is 7. The normalized spacial score (nSPS) is 16.4. The smallest absolute Gasteiger partial charge is 0.307 e. The summed E-state index contributed by atoms with van der Waals surface area (Å²) in [5.74, 6) is 0.812. The summed E-state index contributed by atoms with van der Waals surface area (Å²) >= 11 is 1.58. The van der Waals surface area contributed by atoms with Crippen molar-refractivity contribution in [3.05, 3.63) is 53.1 Å². The van der Waals surface area contributed by atoms with Gasteiger partial charge in [-0.2, -0.15) is 4.37 Å². The van der Waals surface area contributed by atoms with E-state index in [0.717, 1.165) is 56.2 Å². The van der Waals surface area contributed by atoms with Gasteiger partial charge in [-0.1, -0.05) is 25.1 Å². The molecule has 2 aliphatic rings. The van der Waals surface area contributed by atoms with E-state index in [0.29, 0.717) is 12.8 Å². The van der Waals surface area contributed by atoms with Crippen molar-refractivity contribution in [2.24, 2.45) is 0 Å². The van der Waals surface area contributed by atoms with Crippen LogP contribution < -0.4 is 9.80 Å². The van der Waals surface area contributed by atoms with Crippen molar-refractivity contribution in [1.29, 1.82) is 0 Å². The summed E-state index contributed by atoms with van der Waals surface area (Å²) in [5, 5.41) is 1.25. The quantitative estimate of drug-likeness (QED) is 0.482. The molecular weight excluding hydrogens is 448 g/mol. The Morgan fingerprint density at radius 2 is 1.94 bits per heavy atom. The number of carbonyl (C=O) groups excluding carboxylic acids is 2. The lowest BCUT2D eigenvalue weighted by atomic mass is 10.00. The van der Waals surface area contributed by atoms with E-state index in [1.165, 1.54) is 21.2 Å². The molecule has 2 aromatic carbocycles. The minimum absolute atomic E-state index is 0.00412. The molecule has 0 aliphatic carbocycles. The van der Waals surface area contributed by atoms with Gasteiger partial charge in [0.25, 0.3) is 0 Å². The molecule has 0 bridgehead atoms. The van der Waals surface area contributed by atoms with Crippen LogP contribution in [0.15, 0.2) is 36.4 Å². The molecule has 0 N–H and O–H groups in total. The Morgan fingerprint density at radius 1 is 1.15 bits per heavy atom. The van der Waals surface area contributed by atoms with Crippen molar-refractivity contribution in [1.82, 2.24) is 9.27 Å². The maximum atomic E-state index is 12.5. The van der Waals surface area contributed by atoms with Crippen LogP contribution in [0.25, 0.3) is 10.1 Å². The molecule has 2 aliphatic heterocycles. The van der Waals surface area contributed by atoms with Crippen LogP contribution in [0, 0.1) is 6.92 Å². The lowest BCUT2D eigenvalue weighted by molar-refractivity contribution is -0.143. The first-order valence-corrected chi connectivity index (χ1v) is 12.7. The monoisotopic (exact) mass is 478 g/mol. The standard InChI is InChI=1S/C26H30N4O3S/c1-3-25(32)33-17-30-22-14-18(2)19(15-20(22)16-24(30)31)8-9-28-10-12-29(13-11-28)26-21-6-4-5-7-23(21)34-27-26/h4-7,14-15H,3,8-13,16-17H2,1-2H3. The lowest BCUT2D eigenvalue weighted by Gasteiger charge is -2.35. The maximum Gasteiger partial charge on any atom is 0.307 e. The minimum Gasteiger partial charge on any atom is -0.444 e. The summed E-state index contributed by atoms with van der Waals surface area (Å²) in [6, 6.07) is 12.7. The van der Waals surface area contributed by atoms with Gasteiger partial charge in [-0.25, -0.2) is 0 Å². The van der Waals surface area contributed by atoms with Crippen molar-refractivity contribution in [2.45, 2.75) is 33.1 Å². The van der Waals surface area contributed by atoms with Gasteiger partial charge in [-0.15, -0.1) is 0 Å². The predicted molar refractivity (Wildman–Crippen MR) is 136 cm³/mol. The highest BCUT2D eigenvalue weighted by molar-refractivity contribution is 7.13. The van der Waals surface area contributed by atoms with Crippen LogP contribution in [0.5, 0.6) is 0 Å². The van der Waals surface area contributed by atoms with Gasteiger partial charge in [0.1, 0.15) is 5.82 Å². The van der Waals surface area contributed by atoms with Crippen LogP contribution in [-0.4, -0.2) is 60.6 Å². The number of amides is 1. The molecule has 7 nitrogen and oxygen atoms in total. The summed E-state index contributed by atoms with van der Waals surface area (Å²) in [6.45, 7) is 8.84. The molecule has 3 heterocycles. The Kier molecular flexibility index (Phi) is 6.52. The van der Waals surface area contributed by atoms with E-state index in [1.807, 2.05) is 0 Å². The second-order valence-electron chi connectivity index (χ2n) is 8.99. The molecule has 0 atom stereocenters. The number of anilines is 2. The molecule has 0 saturated carbocycles. The third-order valence-electron chi connectivity index (χ3n) is 6.84. The van der Waals surface area contributed by atoms with E-state index in [9.17, 15) is 9.59 Å². The third kappa shape index (κ3) is 4.52. The fraction of sp³-hybridized carbons (Fsp3) is 0.423. The molecule has 1 amide bonds. The van der Waals surface area contributed by atoms with Gasteiger partial charge in [0.2, 0.25) is 5.91 Å². The number of benzene rings is 2. The van der Waals surface area contributed by atoms with Gasteiger partial charge in [0.05, 0.1) is 16.8 Å². The molecule has 1 saturated heterocycles. The molecule has 8 heteroatoms. The summed E-state index contributed by atoms with van der Waals surface area (Å²) in [6.07, 6.45) is 1.63. The van der Waals surface area contributed by atoms with Crippen molar-refractivity contribution < 1.29 is 14.3 Å². The van der Waals surface area contributed by atoms with Crippen LogP contribution in [0.3, 0.4) is 0 Å². The van der Waals surface area contributed by atoms with Crippen LogP contribution in [0.1, 0.15) is 30.0 Å². The van der Waals surface area contributed by atoms with Crippen LogP contribution in [-0.2, 0) is 27.2 Å². The maximum absolute atomic E-state index is 12.5. The Morgan fingerprint density at radius 3 is 2.74 bits per heavy atom. The SMILES string of the molecule is CCC(=O)OCN1C(=O)Cc2cc(CCN3CCN(c4nsc5ccccc45)CC3)c(C)cc21. The van der Waals surface area contributed by atoms with E-state index in [2.05, 4.69) is 53.1 Å². The number of ether oxygens (including phenoxy) is 1. The summed E-state index contributed by atoms with van der Waals surface area (Å²) < 4.78 is 11.2. The van der Waals surface area contributed by atoms with Crippen LogP contribution >= 0.6 is 11.5 Å². The van der Waals surface area contributed by atoms with Gasteiger partial charge in [0.15, 0.2) is 6.73 Å². The Balaban J connectivity index is 1.18. The Hall–Kier alpha value is -2.97. The average Bonchev–Trinajstić information content (AvgIpc) is 3.41. The van der Waals surface area contributed by atoms with Gasteiger partial charge in [0, 0.05) is 44.5 Å². The van der Waals surface area contributed by atoms with Crippen molar-refractivity contribution in [3.63, 3.8) is 0 Å². The molecule has 3 aromatic rings. The fourth-order valence-corrected chi connectivity index (χ4v) is 5.58. The topological polar surface area (TPSA) is 66.0 Å². The van der Waals surface area contributed by atoms with Gasteiger partial charge >= 0.3 is 5.97 Å². The van der Waals surface area contributed by atoms with E-state index in [1.54, 1.807) is 23.4 Å². The van der Waals surface area contributed by atoms with Crippen molar-refractivity contribution in [3.8, 4) is 0 Å². The van der Waals surface area contributed by atoms with Crippen molar-refractivity contribution >= 4 is 45.0 Å². The molecule has 5 rings (SSSR count). The number of esters is 1. The van der Waals surface area contributed by atoms with Crippen molar-refractivity contribution in [2.75, 3.05) is 49.3 Å². The van der Waals surface area contributed by atoms with Gasteiger partial charge < -0.3 is 9.64 Å². The molecule has 34 heavy (non-hydrogen) atoms. The molecule has 178 valence electrons. The Bertz CT molecular complexity index is 1220. The number of aryl methyl sites for hydroxylation is 1. The molecule has 1 fully saturated rings. The third-order valence-corrected chi connectivity index (χ3v) is 7.66. The van der Waals surface area contributed by atoms with E-state index in [4.69, 9.17) is 9.11 Å². The van der Waals surface area contributed by atoms with Crippen LogP contribution in [0.4, 0.5) is 11.5 Å². The first-order valence-electron chi connectivity index (χ1n) is 11.9. The van der Waals surface area contributed by atoms with Gasteiger partial charge in [-0.3, -0.25) is 19.4 Å². The number of fused-ring (bicyclic) bond motifs is 2. The lowest BCUT2D eigenvalue weighted by Crippen LogP contribution is -2.47. The number of aromatic nitrogens is 1. The minimum atomic E-state index is -0.294. The van der Waals surface area contributed by atoms with E-state index < -0.39 is 0 Å². The first kappa shape index (κ1) is 22.8. The fourth-order valence-electron chi connectivity index (χ4n) is 4.79. The molecular formula is C26H30N4O3S. The average molecular weight is 479 g/mol. The number of piperazine rings is 1. The second kappa shape index (κ2) is 9.72. The Labute approximate surface area is 204 Å². The largest absolute Gasteiger partial charge is 0.444 e. The number of hydrogen-bond donors (Lipinski definition) is 0. The molecule has 0 spiro atoms. The zero-order valence-electron chi connectivity index (χ0n) is 19.7. The van der Waals surface area contributed by atoms with E-state index in [-0.39, 0.29) is 18.6 Å². The molecule has 0 unspecified atom stereocenters. The zero-order valence-corrected chi connectivity index (χ0v) is 20.6. The second-order valence-corrected chi connectivity index (χ2v) is 9.79. The number of carbonyl (C=O) groups is 2.